The molecule has 7 nitrogen and oxygen atoms in total. The number of methoxy groups -OCH3 is 2. The molecule has 0 spiro atoms. The molecule has 0 saturated carbocycles. The van der Waals surface area contributed by atoms with E-state index in [-0.39, 0.29) is 23.4 Å². The number of ketones is 1. The van der Waals surface area contributed by atoms with E-state index in [1.807, 2.05) is 6.92 Å². The van der Waals surface area contributed by atoms with E-state index in [1.54, 1.807) is 31.4 Å². The Morgan fingerprint density at radius 1 is 1.12 bits per heavy atom. The quantitative estimate of drug-likeness (QED) is 0.275. The molecule has 1 saturated heterocycles. The zero-order chi connectivity index (χ0) is 23.3. The van der Waals surface area contributed by atoms with E-state index in [9.17, 15) is 19.1 Å². The Kier molecular flexibility index (Phi) is 7.48. The molecule has 1 unspecified atom stereocenters. The number of amides is 1. The molecule has 0 aromatic heterocycles. The van der Waals surface area contributed by atoms with Gasteiger partial charge in [0.05, 0.1) is 30.9 Å². The lowest BCUT2D eigenvalue weighted by molar-refractivity contribution is -0.140. The molecule has 1 heterocycles. The fourth-order valence-corrected chi connectivity index (χ4v) is 3.76. The van der Waals surface area contributed by atoms with Crippen LogP contribution in [0.15, 0.2) is 48.0 Å². The number of aliphatic hydroxyl groups excluding tert-OH is 1. The first-order valence-electron chi connectivity index (χ1n) is 10.3. The first kappa shape index (κ1) is 23.3. The SMILES string of the molecule is CCOc1ccc(C2/C(=C(\O)c3cc(F)ccc3OC)C(=O)C(=O)N2CCCOC)cc1. The van der Waals surface area contributed by atoms with Crippen molar-refractivity contribution in [2.75, 3.05) is 34.0 Å². The van der Waals surface area contributed by atoms with Crippen molar-refractivity contribution in [1.82, 2.24) is 4.90 Å². The van der Waals surface area contributed by atoms with Crippen molar-refractivity contribution >= 4 is 17.4 Å². The molecule has 8 heteroatoms. The fraction of sp³-hybridized carbons (Fsp3) is 0.333. The third kappa shape index (κ3) is 4.60. The van der Waals surface area contributed by atoms with Crippen LogP contribution in [-0.2, 0) is 14.3 Å². The first-order chi connectivity index (χ1) is 15.4. The molecule has 0 aliphatic carbocycles. The molecule has 2 aromatic rings. The van der Waals surface area contributed by atoms with Crippen LogP contribution in [-0.4, -0.2) is 55.7 Å². The van der Waals surface area contributed by atoms with E-state index in [2.05, 4.69) is 0 Å². The van der Waals surface area contributed by atoms with Gasteiger partial charge in [-0.1, -0.05) is 12.1 Å². The minimum Gasteiger partial charge on any atom is -0.507 e. The van der Waals surface area contributed by atoms with Crippen LogP contribution in [0, 0.1) is 5.82 Å². The van der Waals surface area contributed by atoms with Crippen molar-refractivity contribution in [2.24, 2.45) is 0 Å². The maximum atomic E-state index is 13.9. The number of halogens is 1. The molecule has 0 bridgehead atoms. The zero-order valence-corrected chi connectivity index (χ0v) is 18.3. The number of benzene rings is 2. The highest BCUT2D eigenvalue weighted by Gasteiger charge is 2.46. The number of aliphatic hydroxyl groups is 1. The monoisotopic (exact) mass is 443 g/mol. The van der Waals surface area contributed by atoms with Gasteiger partial charge in [0.2, 0.25) is 0 Å². The summed E-state index contributed by atoms with van der Waals surface area (Å²) in [6.45, 7) is 3.00. The van der Waals surface area contributed by atoms with Gasteiger partial charge in [-0.05, 0) is 49.2 Å². The number of hydrogen-bond donors (Lipinski definition) is 1. The summed E-state index contributed by atoms with van der Waals surface area (Å²) in [5, 5.41) is 11.1. The van der Waals surface area contributed by atoms with Crippen LogP contribution in [0.25, 0.3) is 5.76 Å². The Hall–Kier alpha value is -3.39. The highest BCUT2D eigenvalue weighted by Crippen LogP contribution is 2.41. The number of rotatable bonds is 9. The number of Topliss-reactive ketones (excluding diaryl/α,β-unsaturated/α-hetero) is 1. The minimum absolute atomic E-state index is 0.00155. The summed E-state index contributed by atoms with van der Waals surface area (Å²) in [5.41, 5.74) is 0.487. The molecule has 32 heavy (non-hydrogen) atoms. The van der Waals surface area contributed by atoms with Crippen molar-refractivity contribution < 1.29 is 33.3 Å². The zero-order valence-electron chi connectivity index (χ0n) is 18.3. The van der Waals surface area contributed by atoms with Gasteiger partial charge < -0.3 is 24.2 Å². The summed E-state index contributed by atoms with van der Waals surface area (Å²) < 4.78 is 29.7. The maximum Gasteiger partial charge on any atom is 0.295 e. The Bertz CT molecular complexity index is 1020. The Labute approximate surface area is 186 Å². The molecule has 0 radical (unpaired) electrons. The molecule has 1 fully saturated rings. The molecule has 1 amide bonds. The van der Waals surface area contributed by atoms with Crippen LogP contribution >= 0.6 is 0 Å². The van der Waals surface area contributed by atoms with Crippen molar-refractivity contribution in [3.05, 3.63) is 65.0 Å². The predicted octanol–water partition coefficient (Wildman–Crippen LogP) is 3.69. The molecule has 3 rings (SSSR count). The number of likely N-dealkylation sites (tertiary alicyclic amines) is 1. The minimum atomic E-state index is -0.851. The summed E-state index contributed by atoms with van der Waals surface area (Å²) in [4.78, 5) is 27.3. The van der Waals surface area contributed by atoms with Crippen molar-refractivity contribution in [2.45, 2.75) is 19.4 Å². The standard InChI is InChI=1S/C24H26FNO6/c1-4-32-17-9-6-15(7-10-17)21-20(23(28)24(29)26(21)12-5-13-30-2)22(27)18-14-16(25)8-11-19(18)31-3/h6-11,14,21,27H,4-5,12-13H2,1-3H3/b22-20+. The van der Waals surface area contributed by atoms with Gasteiger partial charge >= 0.3 is 0 Å². The highest BCUT2D eigenvalue weighted by molar-refractivity contribution is 6.46. The molecular weight excluding hydrogens is 417 g/mol. The second kappa shape index (κ2) is 10.3. The van der Waals surface area contributed by atoms with Gasteiger partial charge in [0.1, 0.15) is 23.1 Å². The van der Waals surface area contributed by atoms with E-state index in [0.29, 0.717) is 30.9 Å². The van der Waals surface area contributed by atoms with Gasteiger partial charge in [-0.15, -0.1) is 0 Å². The maximum absolute atomic E-state index is 13.9. The summed E-state index contributed by atoms with van der Waals surface area (Å²) in [6.07, 6.45) is 0.500. The topological polar surface area (TPSA) is 85.3 Å². The second-order valence-electron chi connectivity index (χ2n) is 7.19. The van der Waals surface area contributed by atoms with Gasteiger partial charge in [0.15, 0.2) is 0 Å². The van der Waals surface area contributed by atoms with E-state index in [4.69, 9.17) is 14.2 Å². The van der Waals surface area contributed by atoms with Gasteiger partial charge in [0, 0.05) is 20.3 Å². The van der Waals surface area contributed by atoms with E-state index in [1.165, 1.54) is 24.1 Å². The first-order valence-corrected chi connectivity index (χ1v) is 10.3. The molecular formula is C24H26FNO6. The number of ether oxygens (including phenoxy) is 3. The molecule has 1 atom stereocenters. The number of hydrogen-bond acceptors (Lipinski definition) is 6. The third-order valence-corrected chi connectivity index (χ3v) is 5.21. The van der Waals surface area contributed by atoms with Gasteiger partial charge in [0.25, 0.3) is 11.7 Å². The summed E-state index contributed by atoms with van der Waals surface area (Å²) in [7, 11) is 2.92. The van der Waals surface area contributed by atoms with Crippen LogP contribution in [0.2, 0.25) is 0 Å². The Balaban J connectivity index is 2.15. The van der Waals surface area contributed by atoms with Crippen LogP contribution in [0.5, 0.6) is 11.5 Å². The van der Waals surface area contributed by atoms with Gasteiger partial charge in [-0.2, -0.15) is 0 Å². The lowest BCUT2D eigenvalue weighted by atomic mass is 9.95. The Morgan fingerprint density at radius 2 is 1.84 bits per heavy atom. The van der Waals surface area contributed by atoms with Crippen LogP contribution in [0.3, 0.4) is 0 Å². The molecule has 1 N–H and O–H groups in total. The van der Waals surface area contributed by atoms with E-state index < -0.39 is 29.3 Å². The number of nitrogens with zero attached hydrogens (tertiary/aromatic N) is 1. The van der Waals surface area contributed by atoms with Crippen LogP contribution in [0.4, 0.5) is 4.39 Å². The van der Waals surface area contributed by atoms with Crippen molar-refractivity contribution in [3.8, 4) is 11.5 Å². The van der Waals surface area contributed by atoms with Gasteiger partial charge in [-0.3, -0.25) is 9.59 Å². The number of carbonyl (C=O) groups is 2. The molecule has 1 aliphatic heterocycles. The molecule has 170 valence electrons. The highest BCUT2D eigenvalue weighted by atomic mass is 19.1. The normalized spacial score (nSPS) is 17.6. The molecule has 1 aliphatic rings. The second-order valence-corrected chi connectivity index (χ2v) is 7.19. The lowest BCUT2D eigenvalue weighted by Crippen LogP contribution is -2.31. The summed E-state index contributed by atoms with van der Waals surface area (Å²) >= 11 is 0. The van der Waals surface area contributed by atoms with E-state index >= 15 is 0 Å². The van der Waals surface area contributed by atoms with E-state index in [0.717, 1.165) is 6.07 Å². The smallest absolute Gasteiger partial charge is 0.295 e. The summed E-state index contributed by atoms with van der Waals surface area (Å²) in [5.74, 6) is -1.87. The third-order valence-electron chi connectivity index (χ3n) is 5.21. The van der Waals surface area contributed by atoms with Gasteiger partial charge in [-0.25, -0.2) is 4.39 Å². The van der Waals surface area contributed by atoms with Crippen LogP contribution in [0.1, 0.15) is 30.5 Å². The fourth-order valence-electron chi connectivity index (χ4n) is 3.76. The lowest BCUT2D eigenvalue weighted by Gasteiger charge is -2.25. The molecule has 2 aromatic carbocycles. The Morgan fingerprint density at radius 3 is 2.47 bits per heavy atom. The van der Waals surface area contributed by atoms with Crippen molar-refractivity contribution in [3.63, 3.8) is 0 Å². The average Bonchev–Trinajstić information content (AvgIpc) is 3.04. The van der Waals surface area contributed by atoms with Crippen molar-refractivity contribution in [1.29, 1.82) is 0 Å². The summed E-state index contributed by atoms with van der Waals surface area (Å²) in [6, 6.07) is 9.70. The van der Waals surface area contributed by atoms with Crippen LogP contribution < -0.4 is 9.47 Å². The predicted molar refractivity (Wildman–Crippen MR) is 116 cm³/mol. The average molecular weight is 443 g/mol. The number of carbonyl (C=O) groups excluding carboxylic acids is 2. The largest absolute Gasteiger partial charge is 0.507 e.